The summed E-state index contributed by atoms with van der Waals surface area (Å²) < 4.78 is 11.9. The highest BCUT2D eigenvalue weighted by Gasteiger charge is 2.31. The van der Waals surface area contributed by atoms with Gasteiger partial charge in [0.25, 0.3) is 11.4 Å². The Balaban J connectivity index is 1.29. The van der Waals surface area contributed by atoms with E-state index in [0.717, 1.165) is 6.42 Å². The highest BCUT2D eigenvalue weighted by atomic mass is 16.5. The number of fused-ring (bicyclic) bond motifs is 1. The van der Waals surface area contributed by atoms with Gasteiger partial charge in [-0.05, 0) is 30.7 Å². The van der Waals surface area contributed by atoms with Crippen LogP contribution >= 0.6 is 0 Å². The average molecular weight is 391 g/mol. The molecule has 0 aliphatic carbocycles. The smallest absolute Gasteiger partial charge is 0.293 e. The molecule has 0 unspecified atom stereocenters. The number of amides is 1. The fourth-order valence-electron chi connectivity index (χ4n) is 3.56. The molecule has 1 aliphatic rings. The number of para-hydroxylation sites is 1. The predicted octanol–water partition coefficient (Wildman–Crippen LogP) is 2.06. The van der Waals surface area contributed by atoms with Crippen LogP contribution in [0.5, 0.6) is 0 Å². The second-order valence-electron chi connectivity index (χ2n) is 6.96. The van der Waals surface area contributed by atoms with Gasteiger partial charge in [0.2, 0.25) is 5.91 Å². The van der Waals surface area contributed by atoms with Gasteiger partial charge in [-0.1, -0.05) is 17.3 Å². The first kappa shape index (κ1) is 17.4. The molecule has 3 aromatic heterocycles. The van der Waals surface area contributed by atoms with Crippen molar-refractivity contribution in [1.29, 1.82) is 0 Å². The van der Waals surface area contributed by atoms with Crippen molar-refractivity contribution in [2.24, 2.45) is 0 Å². The van der Waals surface area contributed by atoms with Crippen LogP contribution in [-0.4, -0.2) is 43.6 Å². The Kier molecular flexibility index (Phi) is 4.19. The largest absolute Gasteiger partial charge is 0.459 e. The van der Waals surface area contributed by atoms with Crippen molar-refractivity contribution in [2.75, 3.05) is 13.1 Å². The Morgan fingerprint density at radius 2 is 2.10 bits per heavy atom. The maximum Gasteiger partial charge on any atom is 0.293 e. The molecule has 4 aromatic rings. The maximum absolute atomic E-state index is 12.7. The summed E-state index contributed by atoms with van der Waals surface area (Å²) in [6.45, 7) is 1.00. The van der Waals surface area contributed by atoms with E-state index in [4.69, 9.17) is 8.94 Å². The van der Waals surface area contributed by atoms with Crippen LogP contribution < -0.4 is 5.56 Å². The van der Waals surface area contributed by atoms with Crippen LogP contribution in [0.1, 0.15) is 18.2 Å². The van der Waals surface area contributed by atoms with E-state index in [1.54, 1.807) is 41.5 Å². The third kappa shape index (κ3) is 3.20. The highest BCUT2D eigenvalue weighted by Crippen LogP contribution is 2.27. The number of aromatic nitrogens is 4. The first-order chi connectivity index (χ1) is 14.2. The molecule has 0 radical (unpaired) electrons. The minimum atomic E-state index is -0.221. The quantitative estimate of drug-likeness (QED) is 0.524. The van der Waals surface area contributed by atoms with Crippen molar-refractivity contribution in [3.05, 3.63) is 65.2 Å². The molecule has 0 bridgehead atoms. The fourth-order valence-corrected chi connectivity index (χ4v) is 3.56. The average Bonchev–Trinajstić information content (AvgIpc) is 3.50. The standard InChI is InChI=1S/C20H17N5O4/c26-17(11-25-12-21-15-5-2-1-4-14(15)20(25)27)24-8-7-13(10-24)18-22-19(29-23-18)16-6-3-9-28-16/h1-6,9,12-13H,7-8,10-11H2/t13-/m1/s1. The number of carbonyl (C=O) groups is 1. The zero-order valence-electron chi connectivity index (χ0n) is 15.4. The molecule has 0 spiro atoms. The van der Waals surface area contributed by atoms with Crippen LogP contribution in [0.25, 0.3) is 22.6 Å². The molecule has 146 valence electrons. The summed E-state index contributed by atoms with van der Waals surface area (Å²) in [7, 11) is 0. The molecule has 1 fully saturated rings. The first-order valence-corrected chi connectivity index (χ1v) is 9.28. The van der Waals surface area contributed by atoms with E-state index < -0.39 is 0 Å². The zero-order chi connectivity index (χ0) is 19.8. The normalized spacial score (nSPS) is 16.6. The van der Waals surface area contributed by atoms with Crippen molar-refractivity contribution in [1.82, 2.24) is 24.6 Å². The van der Waals surface area contributed by atoms with Crippen molar-refractivity contribution in [3.8, 4) is 11.7 Å². The van der Waals surface area contributed by atoms with Crippen LogP contribution in [-0.2, 0) is 11.3 Å². The van der Waals surface area contributed by atoms with Crippen molar-refractivity contribution in [3.63, 3.8) is 0 Å². The molecule has 29 heavy (non-hydrogen) atoms. The molecule has 0 saturated carbocycles. The van der Waals surface area contributed by atoms with E-state index in [2.05, 4.69) is 15.1 Å². The van der Waals surface area contributed by atoms with Crippen LogP contribution in [0.2, 0.25) is 0 Å². The number of hydrogen-bond acceptors (Lipinski definition) is 7. The minimum absolute atomic E-state index is 0.0159. The number of rotatable bonds is 4. The Bertz CT molecular complexity index is 1230. The van der Waals surface area contributed by atoms with Gasteiger partial charge in [0, 0.05) is 19.0 Å². The van der Waals surface area contributed by atoms with E-state index in [1.165, 1.54) is 10.9 Å². The topological polar surface area (TPSA) is 107 Å². The van der Waals surface area contributed by atoms with Crippen molar-refractivity contribution >= 4 is 16.8 Å². The van der Waals surface area contributed by atoms with E-state index in [0.29, 0.717) is 41.5 Å². The molecule has 4 heterocycles. The van der Waals surface area contributed by atoms with Gasteiger partial charge in [0.15, 0.2) is 11.6 Å². The third-order valence-corrected chi connectivity index (χ3v) is 5.12. The molecule has 1 saturated heterocycles. The van der Waals surface area contributed by atoms with Gasteiger partial charge < -0.3 is 13.8 Å². The zero-order valence-corrected chi connectivity index (χ0v) is 15.4. The van der Waals surface area contributed by atoms with E-state index in [1.807, 2.05) is 6.07 Å². The SMILES string of the molecule is O=C(Cn1cnc2ccccc2c1=O)N1CC[C@@H](c2noc(-c3ccco3)n2)C1. The van der Waals surface area contributed by atoms with Crippen LogP contribution in [0.15, 0.2) is 62.7 Å². The molecule has 9 nitrogen and oxygen atoms in total. The molecule has 5 rings (SSSR count). The minimum Gasteiger partial charge on any atom is -0.459 e. The highest BCUT2D eigenvalue weighted by molar-refractivity contribution is 5.79. The van der Waals surface area contributed by atoms with Crippen LogP contribution in [0, 0.1) is 0 Å². The van der Waals surface area contributed by atoms with Gasteiger partial charge in [-0.2, -0.15) is 4.98 Å². The van der Waals surface area contributed by atoms with Gasteiger partial charge in [-0.3, -0.25) is 14.2 Å². The van der Waals surface area contributed by atoms with Gasteiger partial charge in [0.1, 0.15) is 6.54 Å². The van der Waals surface area contributed by atoms with Crippen LogP contribution in [0.3, 0.4) is 0 Å². The number of likely N-dealkylation sites (tertiary alicyclic amines) is 1. The van der Waals surface area contributed by atoms with E-state index in [9.17, 15) is 9.59 Å². The predicted molar refractivity (Wildman–Crippen MR) is 102 cm³/mol. The molecular formula is C20H17N5O4. The van der Waals surface area contributed by atoms with Gasteiger partial charge >= 0.3 is 0 Å². The summed E-state index contributed by atoms with van der Waals surface area (Å²) in [5.74, 6) is 1.23. The number of benzene rings is 1. The fraction of sp³-hybridized carbons (Fsp3) is 0.250. The van der Waals surface area contributed by atoms with Crippen molar-refractivity contribution < 1.29 is 13.7 Å². The molecular weight excluding hydrogens is 374 g/mol. The summed E-state index contributed by atoms with van der Waals surface area (Å²) >= 11 is 0. The first-order valence-electron chi connectivity index (χ1n) is 9.28. The Morgan fingerprint density at radius 3 is 2.97 bits per heavy atom. The van der Waals surface area contributed by atoms with E-state index >= 15 is 0 Å². The maximum atomic E-state index is 12.7. The van der Waals surface area contributed by atoms with Gasteiger partial charge in [-0.15, -0.1) is 0 Å². The molecule has 1 aromatic carbocycles. The lowest BCUT2D eigenvalue weighted by molar-refractivity contribution is -0.130. The molecule has 1 atom stereocenters. The summed E-state index contributed by atoms with van der Waals surface area (Å²) in [5.41, 5.74) is 0.396. The Morgan fingerprint density at radius 1 is 1.21 bits per heavy atom. The van der Waals surface area contributed by atoms with Crippen LogP contribution in [0.4, 0.5) is 0 Å². The number of carbonyl (C=O) groups excluding carboxylic acids is 1. The molecule has 0 N–H and O–H groups in total. The summed E-state index contributed by atoms with van der Waals surface area (Å²) in [5, 5.41) is 4.53. The lowest BCUT2D eigenvalue weighted by atomic mass is 10.1. The Labute approximate surface area is 164 Å². The van der Waals surface area contributed by atoms with Gasteiger partial charge in [0.05, 0.1) is 23.5 Å². The Hall–Kier alpha value is -3.75. The number of furan rings is 1. The number of hydrogen-bond donors (Lipinski definition) is 0. The molecule has 1 aliphatic heterocycles. The second kappa shape index (κ2) is 7.01. The summed E-state index contributed by atoms with van der Waals surface area (Å²) in [6.07, 6.45) is 3.69. The monoisotopic (exact) mass is 391 g/mol. The summed E-state index contributed by atoms with van der Waals surface area (Å²) in [6, 6.07) is 10.6. The van der Waals surface area contributed by atoms with E-state index in [-0.39, 0.29) is 23.9 Å². The second-order valence-corrected chi connectivity index (χ2v) is 6.96. The van der Waals surface area contributed by atoms with Gasteiger partial charge in [-0.25, -0.2) is 4.98 Å². The lowest BCUT2D eigenvalue weighted by Crippen LogP contribution is -2.35. The lowest BCUT2D eigenvalue weighted by Gasteiger charge is -2.16. The van der Waals surface area contributed by atoms with Crippen molar-refractivity contribution in [2.45, 2.75) is 18.9 Å². The molecule has 1 amide bonds. The number of nitrogens with zero attached hydrogens (tertiary/aromatic N) is 5. The third-order valence-electron chi connectivity index (χ3n) is 5.12. The summed E-state index contributed by atoms with van der Waals surface area (Å²) in [4.78, 5) is 35.7. The molecule has 9 heteroatoms.